The maximum Gasteiger partial charge on any atom is 0.246 e. The molecule has 2 aliphatic rings. The number of fused-ring (bicyclic) bond motifs is 2. The highest BCUT2D eigenvalue weighted by atomic mass is 19.1. The van der Waals surface area contributed by atoms with Crippen LogP contribution >= 0.6 is 0 Å². The Hall–Kier alpha value is -4.38. The number of amidine groups is 1. The molecule has 11 heteroatoms. The van der Waals surface area contributed by atoms with E-state index in [1.807, 2.05) is 0 Å². The summed E-state index contributed by atoms with van der Waals surface area (Å²) in [6.45, 7) is 7.85. The molecular weight excluding hydrogens is 533 g/mol. The van der Waals surface area contributed by atoms with Crippen LogP contribution in [0.15, 0.2) is 49.2 Å². The van der Waals surface area contributed by atoms with Crippen molar-refractivity contribution in [3.05, 3.63) is 83.5 Å². The average molecular weight is 565 g/mol. The number of piperazine rings is 1. The summed E-state index contributed by atoms with van der Waals surface area (Å²) in [5, 5.41) is 22.7. The van der Waals surface area contributed by atoms with E-state index in [-0.39, 0.29) is 59.6 Å². The predicted octanol–water partition coefficient (Wildman–Crippen LogP) is 4.75. The SMILES string of the molecule is C=CC(=O)N1CCN2C(=N)c3c(Nc4c(C)ccnc4C(C)O)c(F)c(-c4ccccc4F)c(F)c3N(C)CC2C1. The molecule has 41 heavy (non-hydrogen) atoms. The molecule has 2 aromatic carbocycles. The van der Waals surface area contributed by atoms with Crippen molar-refractivity contribution in [2.45, 2.75) is 26.0 Å². The molecule has 1 aromatic heterocycles. The third kappa shape index (κ3) is 4.80. The fourth-order valence-electron chi connectivity index (χ4n) is 5.65. The Morgan fingerprint density at radius 2 is 1.88 bits per heavy atom. The second kappa shape index (κ2) is 10.9. The molecule has 1 amide bonds. The Bertz CT molecular complexity index is 1560. The second-order valence-electron chi connectivity index (χ2n) is 10.3. The molecule has 8 nitrogen and oxygen atoms in total. The van der Waals surface area contributed by atoms with E-state index in [4.69, 9.17) is 0 Å². The standard InChI is InChI=1S/C30H31F3N6O2/c1-5-21(41)38-12-13-39-18(15-38)14-37(4)29-23(30(39)34)28(36-26-16(2)10-11-35-27(26)17(3)40)24(32)22(25(29)33)19-8-6-7-9-20(19)31/h5-11,17-18,34,36,40H,1,12-15H2,2-4H3. The minimum Gasteiger partial charge on any atom is -0.387 e. The van der Waals surface area contributed by atoms with Gasteiger partial charge in [-0.15, -0.1) is 0 Å². The third-order valence-corrected chi connectivity index (χ3v) is 7.69. The smallest absolute Gasteiger partial charge is 0.246 e. The van der Waals surface area contributed by atoms with E-state index in [1.165, 1.54) is 37.4 Å². The van der Waals surface area contributed by atoms with Crippen LogP contribution in [0.25, 0.3) is 11.1 Å². The molecule has 2 atom stereocenters. The number of likely N-dealkylation sites (N-methyl/N-ethyl adjacent to an activating group) is 1. The lowest BCUT2D eigenvalue weighted by atomic mass is 9.96. The first-order valence-electron chi connectivity index (χ1n) is 13.2. The summed E-state index contributed by atoms with van der Waals surface area (Å²) in [6, 6.07) is 6.62. The van der Waals surface area contributed by atoms with Gasteiger partial charge in [0.05, 0.1) is 46.0 Å². The number of aromatic nitrogens is 1. The van der Waals surface area contributed by atoms with Gasteiger partial charge in [0.25, 0.3) is 0 Å². The molecule has 0 bridgehead atoms. The Labute approximate surface area is 236 Å². The van der Waals surface area contributed by atoms with E-state index in [9.17, 15) is 15.3 Å². The number of anilines is 3. The van der Waals surface area contributed by atoms with Gasteiger partial charge in [0, 0.05) is 45.0 Å². The van der Waals surface area contributed by atoms with Gasteiger partial charge in [-0.2, -0.15) is 0 Å². The van der Waals surface area contributed by atoms with Gasteiger partial charge in [0.1, 0.15) is 11.7 Å². The monoisotopic (exact) mass is 564 g/mol. The van der Waals surface area contributed by atoms with Gasteiger partial charge in [-0.1, -0.05) is 24.8 Å². The number of nitrogens with one attached hydrogen (secondary N) is 2. The van der Waals surface area contributed by atoms with Crippen LogP contribution in [-0.2, 0) is 4.79 Å². The number of nitrogens with zero attached hydrogens (tertiary/aromatic N) is 4. The van der Waals surface area contributed by atoms with Crippen LogP contribution in [0.3, 0.4) is 0 Å². The van der Waals surface area contributed by atoms with E-state index in [0.717, 1.165) is 6.07 Å². The van der Waals surface area contributed by atoms with Crippen LogP contribution in [0.1, 0.15) is 29.8 Å². The highest BCUT2D eigenvalue weighted by Gasteiger charge is 2.40. The summed E-state index contributed by atoms with van der Waals surface area (Å²) in [5.74, 6) is -3.28. The Kier molecular flexibility index (Phi) is 7.48. The largest absolute Gasteiger partial charge is 0.387 e. The van der Waals surface area contributed by atoms with Crippen molar-refractivity contribution in [2.75, 3.05) is 43.4 Å². The van der Waals surface area contributed by atoms with Gasteiger partial charge in [0.15, 0.2) is 11.6 Å². The number of hydrogen-bond acceptors (Lipinski definition) is 6. The van der Waals surface area contributed by atoms with Crippen molar-refractivity contribution in [3.63, 3.8) is 0 Å². The molecular formula is C30H31F3N6O2. The molecule has 5 rings (SSSR count). The van der Waals surface area contributed by atoms with Crippen molar-refractivity contribution in [2.24, 2.45) is 0 Å². The first kappa shape index (κ1) is 28.2. The Morgan fingerprint density at radius 3 is 2.56 bits per heavy atom. The molecule has 3 N–H and O–H groups in total. The zero-order chi connectivity index (χ0) is 29.6. The quantitative estimate of drug-likeness (QED) is 0.388. The van der Waals surface area contributed by atoms with Gasteiger partial charge >= 0.3 is 0 Å². The molecule has 2 unspecified atom stereocenters. The number of amides is 1. The zero-order valence-corrected chi connectivity index (χ0v) is 23.0. The lowest BCUT2D eigenvalue weighted by Gasteiger charge is -2.42. The molecule has 0 spiro atoms. The highest BCUT2D eigenvalue weighted by molar-refractivity contribution is 6.09. The first-order chi connectivity index (χ1) is 19.5. The van der Waals surface area contributed by atoms with Crippen LogP contribution in [-0.4, -0.2) is 70.9 Å². The topological polar surface area (TPSA) is 95.8 Å². The van der Waals surface area contributed by atoms with Crippen molar-refractivity contribution in [3.8, 4) is 11.1 Å². The summed E-state index contributed by atoms with van der Waals surface area (Å²) in [7, 11) is 1.62. The molecule has 0 aliphatic carbocycles. The number of hydrogen-bond donors (Lipinski definition) is 3. The van der Waals surface area contributed by atoms with Crippen LogP contribution < -0.4 is 10.2 Å². The maximum atomic E-state index is 16.7. The minimum atomic E-state index is -1.08. The maximum absolute atomic E-state index is 16.7. The van der Waals surface area contributed by atoms with Crippen molar-refractivity contribution < 1.29 is 23.1 Å². The Morgan fingerprint density at radius 1 is 1.15 bits per heavy atom. The number of pyridine rings is 1. The summed E-state index contributed by atoms with van der Waals surface area (Å²) in [4.78, 5) is 21.5. The number of carbonyl (C=O) groups is 1. The molecule has 3 heterocycles. The van der Waals surface area contributed by atoms with E-state index < -0.39 is 35.2 Å². The summed E-state index contributed by atoms with van der Waals surface area (Å²) in [6.07, 6.45) is 1.72. The lowest BCUT2D eigenvalue weighted by molar-refractivity contribution is -0.128. The number of aliphatic hydroxyl groups excluding tert-OH is 1. The number of aliphatic hydroxyl groups is 1. The Balaban J connectivity index is 1.77. The number of carbonyl (C=O) groups excluding carboxylic acids is 1. The molecule has 1 saturated heterocycles. The predicted molar refractivity (Wildman–Crippen MR) is 152 cm³/mol. The fraction of sp³-hybridized carbons (Fsp3) is 0.300. The summed E-state index contributed by atoms with van der Waals surface area (Å²) < 4.78 is 48.2. The molecule has 3 aromatic rings. The van der Waals surface area contributed by atoms with Crippen LogP contribution in [0.5, 0.6) is 0 Å². The lowest BCUT2D eigenvalue weighted by Crippen LogP contribution is -2.58. The number of halogens is 3. The minimum absolute atomic E-state index is 0.0478. The van der Waals surface area contributed by atoms with Gasteiger partial charge in [-0.05, 0) is 37.6 Å². The van der Waals surface area contributed by atoms with Crippen molar-refractivity contribution in [1.29, 1.82) is 5.41 Å². The van der Waals surface area contributed by atoms with Crippen molar-refractivity contribution in [1.82, 2.24) is 14.8 Å². The summed E-state index contributed by atoms with van der Waals surface area (Å²) >= 11 is 0. The molecule has 0 saturated carbocycles. The molecule has 0 radical (unpaired) electrons. The van der Waals surface area contributed by atoms with E-state index in [0.29, 0.717) is 17.8 Å². The fourth-order valence-corrected chi connectivity index (χ4v) is 5.65. The molecule has 1 fully saturated rings. The van der Waals surface area contributed by atoms with E-state index in [2.05, 4.69) is 16.9 Å². The van der Waals surface area contributed by atoms with E-state index in [1.54, 1.807) is 34.7 Å². The van der Waals surface area contributed by atoms with Gasteiger partial charge in [-0.3, -0.25) is 15.2 Å². The number of rotatable bonds is 5. The van der Waals surface area contributed by atoms with E-state index >= 15 is 13.2 Å². The second-order valence-corrected chi connectivity index (χ2v) is 10.3. The van der Waals surface area contributed by atoms with Crippen LogP contribution in [0.4, 0.5) is 30.2 Å². The summed E-state index contributed by atoms with van der Waals surface area (Å²) in [5.41, 5.74) is -0.0421. The van der Waals surface area contributed by atoms with Gasteiger partial charge in [-0.25, -0.2) is 13.2 Å². The van der Waals surface area contributed by atoms with Crippen LogP contribution in [0, 0.1) is 29.8 Å². The third-order valence-electron chi connectivity index (χ3n) is 7.69. The first-order valence-corrected chi connectivity index (χ1v) is 13.2. The molecule has 214 valence electrons. The highest BCUT2D eigenvalue weighted by Crippen LogP contribution is 2.45. The average Bonchev–Trinajstić information content (AvgIpc) is 3.05. The van der Waals surface area contributed by atoms with Gasteiger partial charge < -0.3 is 25.1 Å². The molecule has 2 aliphatic heterocycles. The van der Waals surface area contributed by atoms with Crippen LogP contribution in [0.2, 0.25) is 0 Å². The number of benzene rings is 2. The normalized spacial score (nSPS) is 17.5. The van der Waals surface area contributed by atoms with Gasteiger partial charge in [0.2, 0.25) is 5.91 Å². The number of aryl methyl sites for hydroxylation is 1. The van der Waals surface area contributed by atoms with Crippen molar-refractivity contribution >= 4 is 28.8 Å². The zero-order valence-electron chi connectivity index (χ0n) is 23.0.